The van der Waals surface area contributed by atoms with Crippen LogP contribution in [0.25, 0.3) is 0 Å². The first-order valence-electron chi connectivity index (χ1n) is 4.51. The number of hydrogen-bond donors (Lipinski definition) is 0. The second kappa shape index (κ2) is 3.62. The fourth-order valence-corrected chi connectivity index (χ4v) is 1.47. The van der Waals surface area contributed by atoms with Crippen LogP contribution < -0.4 is 0 Å². The van der Waals surface area contributed by atoms with Crippen molar-refractivity contribution in [3.63, 3.8) is 0 Å². The van der Waals surface area contributed by atoms with Crippen molar-refractivity contribution in [3.05, 3.63) is 28.6 Å². The second-order valence-electron chi connectivity index (χ2n) is 3.62. The van der Waals surface area contributed by atoms with Crippen molar-refractivity contribution in [1.29, 1.82) is 0 Å². The van der Waals surface area contributed by atoms with Crippen molar-refractivity contribution in [2.24, 2.45) is 0 Å². The van der Waals surface area contributed by atoms with Crippen molar-refractivity contribution in [2.75, 3.05) is 0 Å². The van der Waals surface area contributed by atoms with Crippen LogP contribution in [0.1, 0.15) is 42.3 Å². The minimum atomic E-state index is 0.437. The highest BCUT2D eigenvalue weighted by Crippen LogP contribution is 2.20. The monoisotopic (exact) mass is 173 g/mol. The summed E-state index contributed by atoms with van der Waals surface area (Å²) in [5.41, 5.74) is 4.23. The van der Waals surface area contributed by atoms with E-state index in [2.05, 4.69) is 24.8 Å². The molecule has 1 heterocycles. The molecule has 13 heavy (non-hydrogen) atoms. The van der Waals surface area contributed by atoms with Gasteiger partial charge in [0.05, 0.1) is 0 Å². The van der Waals surface area contributed by atoms with E-state index in [4.69, 9.17) is 6.42 Å². The van der Waals surface area contributed by atoms with Crippen LogP contribution in [0, 0.1) is 26.2 Å². The Morgan fingerprint density at radius 2 is 2.00 bits per heavy atom. The highest BCUT2D eigenvalue weighted by atomic mass is 14.7. The van der Waals surface area contributed by atoms with Crippen LogP contribution in [0.3, 0.4) is 0 Å². The highest BCUT2D eigenvalue weighted by molar-refractivity contribution is 5.43. The van der Waals surface area contributed by atoms with Gasteiger partial charge in [-0.05, 0) is 31.4 Å². The molecule has 0 fully saturated rings. The third-order valence-electron chi connectivity index (χ3n) is 2.14. The van der Waals surface area contributed by atoms with Crippen molar-refractivity contribution in [2.45, 2.75) is 33.6 Å². The maximum absolute atomic E-state index is 5.41. The Morgan fingerprint density at radius 1 is 1.38 bits per heavy atom. The van der Waals surface area contributed by atoms with E-state index in [0.29, 0.717) is 5.92 Å². The Bertz CT molecular complexity index is 356. The lowest BCUT2D eigenvalue weighted by atomic mass is 10.00. The van der Waals surface area contributed by atoms with E-state index in [-0.39, 0.29) is 0 Å². The summed E-state index contributed by atoms with van der Waals surface area (Å²) in [7, 11) is 0. The summed E-state index contributed by atoms with van der Waals surface area (Å²) in [6, 6.07) is 1.96. The van der Waals surface area contributed by atoms with E-state index in [1.54, 1.807) is 0 Å². The molecule has 1 aromatic rings. The summed E-state index contributed by atoms with van der Waals surface area (Å²) in [6.07, 6.45) is 5.41. The first-order valence-corrected chi connectivity index (χ1v) is 4.51. The Hall–Kier alpha value is -1.29. The number of aromatic nitrogens is 1. The normalized spacial score (nSPS) is 10.2. The Morgan fingerprint density at radius 3 is 2.46 bits per heavy atom. The zero-order valence-corrected chi connectivity index (χ0v) is 8.68. The van der Waals surface area contributed by atoms with E-state index in [9.17, 15) is 0 Å². The molecule has 68 valence electrons. The van der Waals surface area contributed by atoms with Gasteiger partial charge in [-0.15, -0.1) is 6.42 Å². The summed E-state index contributed by atoms with van der Waals surface area (Å²) in [5, 5.41) is 0. The van der Waals surface area contributed by atoms with Gasteiger partial charge < -0.3 is 0 Å². The molecule has 0 saturated carbocycles. The summed E-state index contributed by atoms with van der Waals surface area (Å²) < 4.78 is 0. The smallest absolute Gasteiger partial charge is 0.0473 e. The molecule has 0 atom stereocenters. The van der Waals surface area contributed by atoms with Gasteiger partial charge in [-0.25, -0.2) is 0 Å². The minimum absolute atomic E-state index is 0.437. The van der Waals surface area contributed by atoms with E-state index >= 15 is 0 Å². The van der Waals surface area contributed by atoms with Crippen LogP contribution in [-0.4, -0.2) is 4.98 Å². The lowest BCUT2D eigenvalue weighted by Crippen LogP contribution is -2.01. The molecule has 0 N–H and O–H groups in total. The molecule has 1 rings (SSSR count). The largest absolute Gasteiger partial charge is 0.258 e. The number of hydrogen-bond acceptors (Lipinski definition) is 1. The maximum Gasteiger partial charge on any atom is 0.0473 e. The van der Waals surface area contributed by atoms with Crippen LogP contribution >= 0.6 is 0 Å². The maximum atomic E-state index is 5.41. The molecule has 0 amide bonds. The molecule has 0 aliphatic carbocycles. The highest BCUT2D eigenvalue weighted by Gasteiger charge is 2.08. The van der Waals surface area contributed by atoms with Crippen molar-refractivity contribution in [1.82, 2.24) is 4.98 Å². The van der Waals surface area contributed by atoms with Gasteiger partial charge in [0, 0.05) is 17.0 Å². The van der Waals surface area contributed by atoms with E-state index < -0.39 is 0 Å². The molecule has 0 radical (unpaired) electrons. The van der Waals surface area contributed by atoms with E-state index in [0.717, 1.165) is 22.5 Å². The van der Waals surface area contributed by atoms with Crippen molar-refractivity contribution in [3.8, 4) is 12.3 Å². The van der Waals surface area contributed by atoms with E-state index in [1.165, 1.54) is 0 Å². The van der Waals surface area contributed by atoms with Gasteiger partial charge in [-0.1, -0.05) is 19.8 Å². The molecular weight excluding hydrogens is 158 g/mol. The molecule has 1 nitrogen and oxygen atoms in total. The fourth-order valence-electron chi connectivity index (χ4n) is 1.47. The summed E-state index contributed by atoms with van der Waals surface area (Å²) in [4.78, 5) is 4.49. The average Bonchev–Trinajstić information content (AvgIpc) is 2.08. The van der Waals surface area contributed by atoms with Gasteiger partial charge in [0.1, 0.15) is 0 Å². The lowest BCUT2D eigenvalue weighted by molar-refractivity contribution is 0.803. The quantitative estimate of drug-likeness (QED) is 0.595. The third kappa shape index (κ3) is 1.89. The predicted molar refractivity (Wildman–Crippen MR) is 55.7 cm³/mol. The molecule has 0 unspecified atom stereocenters. The zero-order valence-electron chi connectivity index (χ0n) is 8.68. The second-order valence-corrected chi connectivity index (χ2v) is 3.62. The molecule has 0 bridgehead atoms. The average molecular weight is 173 g/mol. The number of rotatable bonds is 1. The Labute approximate surface area is 80.2 Å². The Balaban J connectivity index is 3.38. The van der Waals surface area contributed by atoms with Gasteiger partial charge in [-0.3, -0.25) is 4.98 Å². The summed E-state index contributed by atoms with van der Waals surface area (Å²) >= 11 is 0. The van der Waals surface area contributed by atoms with Crippen LogP contribution in [-0.2, 0) is 0 Å². The molecule has 0 saturated heterocycles. The van der Waals surface area contributed by atoms with Gasteiger partial charge >= 0.3 is 0 Å². The van der Waals surface area contributed by atoms with Gasteiger partial charge in [0.15, 0.2) is 0 Å². The third-order valence-corrected chi connectivity index (χ3v) is 2.14. The van der Waals surface area contributed by atoms with Crippen molar-refractivity contribution < 1.29 is 0 Å². The first kappa shape index (κ1) is 9.80. The number of nitrogens with zero attached hydrogens (tertiary/aromatic N) is 1. The van der Waals surface area contributed by atoms with E-state index in [1.807, 2.05) is 19.9 Å². The molecule has 0 spiro atoms. The minimum Gasteiger partial charge on any atom is -0.258 e. The summed E-state index contributed by atoms with van der Waals surface area (Å²) in [6.45, 7) is 8.28. The number of terminal acetylenes is 1. The Kier molecular flexibility index (Phi) is 2.72. The molecule has 0 aliphatic heterocycles. The topological polar surface area (TPSA) is 12.9 Å². The standard InChI is InChI=1S/C12H15N/c1-6-11-7-9(4)13-12(8(2)3)10(11)5/h1,7-8H,2-5H3. The predicted octanol–water partition coefficient (Wildman–Crippen LogP) is 2.80. The molecular formula is C12H15N. The summed E-state index contributed by atoms with van der Waals surface area (Å²) in [5.74, 6) is 3.13. The van der Waals surface area contributed by atoms with Gasteiger partial charge in [0.25, 0.3) is 0 Å². The number of pyridine rings is 1. The fraction of sp³-hybridized carbons (Fsp3) is 0.417. The zero-order chi connectivity index (χ0) is 10.0. The van der Waals surface area contributed by atoms with Gasteiger partial charge in [0.2, 0.25) is 0 Å². The SMILES string of the molecule is C#Cc1cc(C)nc(C(C)C)c1C. The lowest BCUT2D eigenvalue weighted by Gasteiger charge is -2.11. The molecule has 0 aromatic carbocycles. The first-order chi connectivity index (χ1) is 6.06. The van der Waals surface area contributed by atoms with Gasteiger partial charge in [-0.2, -0.15) is 0 Å². The van der Waals surface area contributed by atoms with Crippen LogP contribution in [0.4, 0.5) is 0 Å². The van der Waals surface area contributed by atoms with Crippen LogP contribution in [0.2, 0.25) is 0 Å². The number of aryl methyl sites for hydroxylation is 1. The molecule has 0 aliphatic rings. The molecule has 1 aromatic heterocycles. The van der Waals surface area contributed by atoms with Crippen molar-refractivity contribution >= 4 is 0 Å². The molecule has 1 heteroatoms. The van der Waals surface area contributed by atoms with Crippen LogP contribution in [0.5, 0.6) is 0 Å². The van der Waals surface area contributed by atoms with Crippen LogP contribution in [0.15, 0.2) is 6.07 Å².